The van der Waals surface area contributed by atoms with Gasteiger partial charge in [0.25, 0.3) is 0 Å². The number of nitrogens with one attached hydrogen (secondary N) is 1. The van der Waals surface area contributed by atoms with E-state index in [9.17, 15) is 8.42 Å². The van der Waals surface area contributed by atoms with Gasteiger partial charge in [-0.1, -0.05) is 37.6 Å². The molecule has 0 aliphatic carbocycles. The fourth-order valence-electron chi connectivity index (χ4n) is 2.71. The maximum Gasteiger partial charge on any atom is 0.241 e. The molecular weight excluding hydrogens is 296 g/mol. The summed E-state index contributed by atoms with van der Waals surface area (Å²) in [6, 6.07) is 11.1. The summed E-state index contributed by atoms with van der Waals surface area (Å²) < 4.78 is 28.1. The lowest BCUT2D eigenvalue weighted by atomic mass is 10.1. The molecule has 0 aliphatic rings. The second-order valence-corrected chi connectivity index (χ2v) is 7.52. The Bertz CT molecular complexity index is 760. The average Bonchev–Trinajstić information content (AvgIpc) is 2.45. The minimum Gasteiger partial charge on any atom is -0.377 e. The molecule has 0 fully saturated rings. The third kappa shape index (κ3) is 3.42. The Balaban J connectivity index is 0.00000264. The molecule has 0 bridgehead atoms. The molecule has 0 saturated carbocycles. The van der Waals surface area contributed by atoms with Crippen molar-refractivity contribution in [1.82, 2.24) is 4.72 Å². The normalized spacial score (nSPS) is 13.3. The van der Waals surface area contributed by atoms with Gasteiger partial charge in [0.15, 0.2) is 0 Å². The molecule has 0 amide bonds. The molecule has 22 heavy (non-hydrogen) atoms. The number of fused-ring (bicyclic) bond motifs is 1. The first-order chi connectivity index (χ1) is 10.4. The summed E-state index contributed by atoms with van der Waals surface area (Å²) in [5, 5.41) is 1.70. The van der Waals surface area contributed by atoms with Crippen LogP contribution in [0.1, 0.15) is 28.1 Å². The van der Waals surface area contributed by atoms with Crippen molar-refractivity contribution >= 4 is 26.5 Å². The van der Waals surface area contributed by atoms with E-state index in [0.29, 0.717) is 4.90 Å². The van der Waals surface area contributed by atoms with Crippen molar-refractivity contribution in [3.8, 4) is 0 Å². The summed E-state index contributed by atoms with van der Waals surface area (Å²) in [5.74, 6) is 0. The third-order valence-electron chi connectivity index (χ3n) is 3.71. The van der Waals surface area contributed by atoms with Gasteiger partial charge in [-0.25, -0.2) is 13.1 Å². The standard InChI is InChI=1S/C17H24N2O2S.H2/c1-5-8-13(2)18-22(20,21)17-12-7-9-14-15(17)10-6-11-16(14)19(3)4;/h6-7,9-13,18H,5,8H2,1-4H3;1H. The molecule has 0 aliphatic heterocycles. The Morgan fingerprint density at radius 1 is 1.14 bits per heavy atom. The van der Waals surface area contributed by atoms with Crippen LogP contribution >= 0.6 is 0 Å². The maximum atomic E-state index is 12.7. The Morgan fingerprint density at radius 2 is 1.77 bits per heavy atom. The highest BCUT2D eigenvalue weighted by Gasteiger charge is 2.20. The van der Waals surface area contributed by atoms with Gasteiger partial charge in [0.2, 0.25) is 10.0 Å². The zero-order chi connectivity index (χ0) is 16.3. The van der Waals surface area contributed by atoms with Gasteiger partial charge in [-0.2, -0.15) is 0 Å². The van der Waals surface area contributed by atoms with Crippen LogP contribution in [0.4, 0.5) is 5.69 Å². The molecule has 0 spiro atoms. The lowest BCUT2D eigenvalue weighted by Crippen LogP contribution is -2.32. The van der Waals surface area contributed by atoms with Crippen LogP contribution in [-0.4, -0.2) is 28.6 Å². The first-order valence-corrected chi connectivity index (χ1v) is 9.06. The molecule has 1 atom stereocenters. The fraction of sp³-hybridized carbons (Fsp3) is 0.412. The summed E-state index contributed by atoms with van der Waals surface area (Å²) in [4.78, 5) is 2.34. The summed E-state index contributed by atoms with van der Waals surface area (Å²) in [7, 11) is 0.392. The topological polar surface area (TPSA) is 49.4 Å². The van der Waals surface area contributed by atoms with E-state index in [4.69, 9.17) is 0 Å². The van der Waals surface area contributed by atoms with E-state index in [1.54, 1.807) is 12.1 Å². The number of sulfonamides is 1. The van der Waals surface area contributed by atoms with Crippen molar-refractivity contribution < 1.29 is 9.84 Å². The molecule has 1 N–H and O–H groups in total. The number of benzene rings is 2. The molecule has 2 aromatic rings. The number of anilines is 1. The van der Waals surface area contributed by atoms with E-state index in [1.807, 2.05) is 57.1 Å². The molecule has 5 heteroatoms. The molecule has 0 aromatic heterocycles. The van der Waals surface area contributed by atoms with E-state index < -0.39 is 10.0 Å². The van der Waals surface area contributed by atoms with E-state index in [1.165, 1.54) is 0 Å². The van der Waals surface area contributed by atoms with E-state index in [0.717, 1.165) is 29.3 Å². The van der Waals surface area contributed by atoms with Gasteiger partial charge in [0.05, 0.1) is 4.90 Å². The smallest absolute Gasteiger partial charge is 0.241 e. The number of hydrogen-bond acceptors (Lipinski definition) is 3. The number of hydrogen-bond donors (Lipinski definition) is 1. The van der Waals surface area contributed by atoms with Gasteiger partial charge in [-0.05, 0) is 25.5 Å². The van der Waals surface area contributed by atoms with Crippen molar-refractivity contribution in [2.24, 2.45) is 0 Å². The number of nitrogens with zero attached hydrogens (tertiary/aromatic N) is 1. The molecule has 2 rings (SSSR count). The van der Waals surface area contributed by atoms with E-state index >= 15 is 0 Å². The summed E-state index contributed by atoms with van der Waals surface area (Å²) in [5.41, 5.74) is 1.01. The Hall–Kier alpha value is -1.59. The van der Waals surface area contributed by atoms with E-state index in [2.05, 4.69) is 4.72 Å². The Labute approximate surface area is 134 Å². The largest absolute Gasteiger partial charge is 0.377 e. The third-order valence-corrected chi connectivity index (χ3v) is 5.36. The summed E-state index contributed by atoms with van der Waals surface area (Å²) in [6.45, 7) is 3.95. The van der Waals surface area contributed by atoms with Crippen LogP contribution in [0.25, 0.3) is 10.8 Å². The van der Waals surface area contributed by atoms with Gasteiger partial charge in [0, 0.05) is 38.0 Å². The van der Waals surface area contributed by atoms with Gasteiger partial charge in [-0.15, -0.1) is 0 Å². The minimum absolute atomic E-state index is 0. The van der Waals surface area contributed by atoms with Crippen LogP contribution < -0.4 is 9.62 Å². The van der Waals surface area contributed by atoms with Crippen molar-refractivity contribution in [2.75, 3.05) is 19.0 Å². The van der Waals surface area contributed by atoms with Crippen LogP contribution in [0.3, 0.4) is 0 Å². The van der Waals surface area contributed by atoms with Crippen LogP contribution in [0.2, 0.25) is 0 Å². The van der Waals surface area contributed by atoms with Crippen molar-refractivity contribution in [3.05, 3.63) is 36.4 Å². The molecular formula is C17H26N2O2S. The monoisotopic (exact) mass is 322 g/mol. The Morgan fingerprint density at radius 3 is 2.41 bits per heavy atom. The predicted octanol–water partition coefficient (Wildman–Crippen LogP) is 3.62. The molecule has 2 aromatic carbocycles. The van der Waals surface area contributed by atoms with Crippen molar-refractivity contribution in [2.45, 2.75) is 37.6 Å². The van der Waals surface area contributed by atoms with Gasteiger partial charge in [0.1, 0.15) is 0 Å². The average molecular weight is 322 g/mol. The van der Waals surface area contributed by atoms with Crippen LogP contribution in [-0.2, 0) is 10.0 Å². The summed E-state index contributed by atoms with van der Waals surface area (Å²) in [6.07, 6.45) is 1.77. The maximum absolute atomic E-state index is 12.7. The predicted molar refractivity (Wildman–Crippen MR) is 95.1 cm³/mol. The molecule has 0 heterocycles. The summed E-state index contributed by atoms with van der Waals surface area (Å²) >= 11 is 0. The highest BCUT2D eigenvalue weighted by Crippen LogP contribution is 2.30. The highest BCUT2D eigenvalue weighted by atomic mass is 32.2. The number of rotatable bonds is 6. The highest BCUT2D eigenvalue weighted by molar-refractivity contribution is 7.89. The minimum atomic E-state index is -3.52. The van der Waals surface area contributed by atoms with Crippen molar-refractivity contribution in [3.63, 3.8) is 0 Å². The Kier molecular flexibility index (Phi) is 5.08. The van der Waals surface area contributed by atoms with Crippen LogP contribution in [0.5, 0.6) is 0 Å². The molecule has 0 radical (unpaired) electrons. The second kappa shape index (κ2) is 6.67. The zero-order valence-electron chi connectivity index (χ0n) is 13.6. The lowest BCUT2D eigenvalue weighted by molar-refractivity contribution is 0.544. The fourth-order valence-corrected chi connectivity index (χ4v) is 4.21. The van der Waals surface area contributed by atoms with Gasteiger partial charge < -0.3 is 4.90 Å². The quantitative estimate of drug-likeness (QED) is 0.883. The molecule has 4 nitrogen and oxygen atoms in total. The van der Waals surface area contributed by atoms with Crippen LogP contribution in [0, 0.1) is 0 Å². The molecule has 0 saturated heterocycles. The molecule has 1 unspecified atom stereocenters. The van der Waals surface area contributed by atoms with Crippen molar-refractivity contribution in [1.29, 1.82) is 0 Å². The SMILES string of the molecule is CCCC(C)NS(=O)(=O)c1cccc2c(N(C)C)cccc12.[HH]. The first-order valence-electron chi connectivity index (χ1n) is 7.58. The zero-order valence-corrected chi connectivity index (χ0v) is 14.4. The first kappa shape index (κ1) is 16.8. The molecule has 122 valence electrons. The van der Waals surface area contributed by atoms with Crippen LogP contribution in [0.15, 0.2) is 41.3 Å². The lowest BCUT2D eigenvalue weighted by Gasteiger charge is -2.18. The van der Waals surface area contributed by atoms with Gasteiger partial charge >= 0.3 is 0 Å². The second-order valence-electron chi connectivity index (χ2n) is 5.83. The van der Waals surface area contributed by atoms with E-state index in [-0.39, 0.29) is 7.47 Å². The van der Waals surface area contributed by atoms with Gasteiger partial charge in [-0.3, -0.25) is 0 Å².